The number of halogens is 2. The van der Waals surface area contributed by atoms with Crippen LogP contribution in [0, 0.1) is 5.82 Å². The monoisotopic (exact) mass is 442 g/mol. The summed E-state index contributed by atoms with van der Waals surface area (Å²) in [6.45, 7) is 1.70. The van der Waals surface area contributed by atoms with E-state index in [2.05, 4.69) is 4.99 Å². The maximum absolute atomic E-state index is 14.1. The Balaban J connectivity index is 1.99. The molecule has 0 aliphatic carbocycles. The molecule has 5 nitrogen and oxygen atoms in total. The molecule has 0 spiro atoms. The first-order valence-corrected chi connectivity index (χ1v) is 10.2. The SMILES string of the molecule is COC(=O)C1=C(C)N=c2sc(=Cc3ccccc3F)c(=O)n2C1c1ccc(Cl)cc1. The lowest BCUT2D eigenvalue weighted by Crippen LogP contribution is -2.39. The Morgan fingerprint density at radius 2 is 1.93 bits per heavy atom. The first-order chi connectivity index (χ1) is 14.4. The van der Waals surface area contributed by atoms with Crippen molar-refractivity contribution in [1.82, 2.24) is 4.57 Å². The Hall–Kier alpha value is -3.03. The summed E-state index contributed by atoms with van der Waals surface area (Å²) < 4.78 is 20.8. The van der Waals surface area contributed by atoms with Crippen LogP contribution in [0.5, 0.6) is 0 Å². The number of hydrogen-bond acceptors (Lipinski definition) is 5. The standard InChI is InChI=1S/C22H16ClFN2O3S/c1-12-18(21(28)29-2)19(13-7-9-15(23)10-8-13)26-20(27)17(30-22(26)25-12)11-14-5-3-4-6-16(14)24/h3-11,19H,1-2H3. The molecule has 3 aromatic rings. The van der Waals surface area contributed by atoms with Gasteiger partial charge in [0, 0.05) is 10.6 Å². The predicted molar refractivity (Wildman–Crippen MR) is 114 cm³/mol. The smallest absolute Gasteiger partial charge is 0.338 e. The minimum Gasteiger partial charge on any atom is -0.466 e. The fourth-order valence-electron chi connectivity index (χ4n) is 3.39. The van der Waals surface area contributed by atoms with Gasteiger partial charge in [0.25, 0.3) is 5.56 Å². The van der Waals surface area contributed by atoms with Gasteiger partial charge in [0.05, 0.1) is 29.0 Å². The second kappa shape index (κ2) is 8.01. The topological polar surface area (TPSA) is 60.7 Å². The molecule has 1 aromatic heterocycles. The summed E-state index contributed by atoms with van der Waals surface area (Å²) >= 11 is 7.16. The molecule has 30 heavy (non-hydrogen) atoms. The Bertz CT molecular complexity index is 1360. The highest BCUT2D eigenvalue weighted by molar-refractivity contribution is 7.07. The van der Waals surface area contributed by atoms with Gasteiger partial charge >= 0.3 is 5.97 Å². The van der Waals surface area contributed by atoms with Crippen LogP contribution in [0.4, 0.5) is 4.39 Å². The molecule has 0 radical (unpaired) electrons. The number of ether oxygens (including phenoxy) is 1. The molecule has 4 rings (SSSR count). The van der Waals surface area contributed by atoms with Gasteiger partial charge in [-0.25, -0.2) is 14.2 Å². The molecule has 1 atom stereocenters. The van der Waals surface area contributed by atoms with Crippen molar-refractivity contribution < 1.29 is 13.9 Å². The fourth-order valence-corrected chi connectivity index (χ4v) is 4.55. The van der Waals surface area contributed by atoms with Crippen LogP contribution >= 0.6 is 22.9 Å². The molecular weight excluding hydrogens is 427 g/mol. The molecule has 1 aliphatic rings. The lowest BCUT2D eigenvalue weighted by molar-refractivity contribution is -0.136. The number of thiazole rings is 1. The Morgan fingerprint density at radius 1 is 1.23 bits per heavy atom. The lowest BCUT2D eigenvalue weighted by Gasteiger charge is -2.24. The molecular formula is C22H16ClFN2O3S. The van der Waals surface area contributed by atoms with E-state index in [0.717, 1.165) is 11.3 Å². The Morgan fingerprint density at radius 3 is 2.60 bits per heavy atom. The lowest BCUT2D eigenvalue weighted by atomic mass is 9.96. The second-order valence-electron chi connectivity index (χ2n) is 6.65. The van der Waals surface area contributed by atoms with Crippen LogP contribution in [0.1, 0.15) is 24.1 Å². The zero-order valence-electron chi connectivity index (χ0n) is 16.1. The number of fused-ring (bicyclic) bond motifs is 1. The molecule has 0 saturated carbocycles. The van der Waals surface area contributed by atoms with E-state index in [1.165, 1.54) is 23.8 Å². The van der Waals surface area contributed by atoms with Gasteiger partial charge in [-0.1, -0.05) is 53.3 Å². The van der Waals surface area contributed by atoms with E-state index < -0.39 is 17.8 Å². The molecule has 1 aliphatic heterocycles. The summed E-state index contributed by atoms with van der Waals surface area (Å²) in [7, 11) is 1.28. The number of esters is 1. The summed E-state index contributed by atoms with van der Waals surface area (Å²) in [5, 5.41) is 0.533. The third-order valence-corrected chi connectivity index (χ3v) is 6.04. The van der Waals surface area contributed by atoms with E-state index in [-0.39, 0.29) is 11.1 Å². The maximum Gasteiger partial charge on any atom is 0.338 e. The van der Waals surface area contributed by atoms with Gasteiger partial charge in [0.2, 0.25) is 0 Å². The number of hydrogen-bond donors (Lipinski definition) is 0. The van der Waals surface area contributed by atoms with E-state index in [9.17, 15) is 14.0 Å². The van der Waals surface area contributed by atoms with Crippen LogP contribution in [0.15, 0.2) is 69.6 Å². The van der Waals surface area contributed by atoms with Crippen LogP contribution < -0.4 is 14.9 Å². The zero-order chi connectivity index (χ0) is 21.4. The minimum atomic E-state index is -0.728. The van der Waals surface area contributed by atoms with Crippen molar-refractivity contribution in [3.05, 3.63) is 101 Å². The van der Waals surface area contributed by atoms with Crippen LogP contribution in [-0.4, -0.2) is 17.6 Å². The summed E-state index contributed by atoms with van der Waals surface area (Å²) in [4.78, 5) is 30.7. The van der Waals surface area contributed by atoms with Crippen molar-refractivity contribution in [3.63, 3.8) is 0 Å². The number of methoxy groups -OCH3 is 1. The van der Waals surface area contributed by atoms with E-state index in [0.29, 0.717) is 31.2 Å². The molecule has 2 heterocycles. The number of carbonyl (C=O) groups is 1. The Kier molecular flexibility index (Phi) is 5.40. The number of aromatic nitrogens is 1. The normalized spacial score (nSPS) is 16.3. The molecule has 2 aromatic carbocycles. The molecule has 0 fully saturated rings. The number of benzene rings is 2. The third kappa shape index (κ3) is 3.51. The second-order valence-corrected chi connectivity index (χ2v) is 8.09. The summed E-state index contributed by atoms with van der Waals surface area (Å²) in [5.74, 6) is -0.997. The highest BCUT2D eigenvalue weighted by Gasteiger charge is 2.33. The van der Waals surface area contributed by atoms with E-state index in [4.69, 9.17) is 16.3 Å². The average Bonchev–Trinajstić information content (AvgIpc) is 3.03. The quantitative estimate of drug-likeness (QED) is 0.585. The number of allylic oxidation sites excluding steroid dienone is 1. The molecule has 0 bridgehead atoms. The largest absolute Gasteiger partial charge is 0.466 e. The first kappa shape index (κ1) is 20.3. The Labute approximate surface area is 180 Å². The van der Waals surface area contributed by atoms with Gasteiger partial charge < -0.3 is 4.74 Å². The van der Waals surface area contributed by atoms with Gasteiger partial charge in [0.1, 0.15) is 5.82 Å². The third-order valence-electron chi connectivity index (χ3n) is 4.80. The van der Waals surface area contributed by atoms with E-state index >= 15 is 0 Å². The van der Waals surface area contributed by atoms with Crippen LogP contribution in [0.3, 0.4) is 0 Å². The number of carbonyl (C=O) groups excluding carboxylic acids is 1. The van der Waals surface area contributed by atoms with Gasteiger partial charge in [-0.05, 0) is 36.8 Å². The zero-order valence-corrected chi connectivity index (χ0v) is 17.6. The molecule has 0 N–H and O–H groups in total. The van der Waals surface area contributed by atoms with Gasteiger partial charge in [-0.2, -0.15) is 0 Å². The highest BCUT2D eigenvalue weighted by Crippen LogP contribution is 2.31. The van der Waals surface area contributed by atoms with Crippen molar-refractivity contribution in [2.45, 2.75) is 13.0 Å². The van der Waals surface area contributed by atoms with Crippen LogP contribution in [-0.2, 0) is 9.53 Å². The summed E-state index contributed by atoms with van der Waals surface area (Å²) in [6.07, 6.45) is 1.50. The molecule has 0 amide bonds. The first-order valence-electron chi connectivity index (χ1n) is 9.01. The minimum absolute atomic E-state index is 0.268. The van der Waals surface area contributed by atoms with E-state index in [1.54, 1.807) is 49.4 Å². The van der Waals surface area contributed by atoms with Gasteiger partial charge in [0.15, 0.2) is 4.80 Å². The van der Waals surface area contributed by atoms with Crippen LogP contribution in [0.2, 0.25) is 5.02 Å². The van der Waals surface area contributed by atoms with Crippen molar-refractivity contribution in [3.8, 4) is 0 Å². The molecule has 0 saturated heterocycles. The predicted octanol–water partition coefficient (Wildman–Crippen LogP) is 3.20. The van der Waals surface area contributed by atoms with Crippen molar-refractivity contribution in [2.75, 3.05) is 7.11 Å². The molecule has 152 valence electrons. The van der Waals surface area contributed by atoms with Crippen LogP contribution in [0.25, 0.3) is 6.08 Å². The molecule has 1 unspecified atom stereocenters. The average molecular weight is 443 g/mol. The number of nitrogens with zero attached hydrogens (tertiary/aromatic N) is 2. The number of rotatable bonds is 3. The van der Waals surface area contributed by atoms with Crippen molar-refractivity contribution >= 4 is 35.0 Å². The van der Waals surface area contributed by atoms with Gasteiger partial charge in [-0.15, -0.1) is 0 Å². The maximum atomic E-state index is 14.1. The molecule has 8 heteroatoms. The van der Waals surface area contributed by atoms with Crippen molar-refractivity contribution in [2.24, 2.45) is 4.99 Å². The van der Waals surface area contributed by atoms with Crippen molar-refractivity contribution in [1.29, 1.82) is 0 Å². The highest BCUT2D eigenvalue weighted by atomic mass is 35.5. The van der Waals surface area contributed by atoms with E-state index in [1.807, 2.05) is 0 Å². The fraction of sp³-hybridized carbons (Fsp3) is 0.136. The summed E-state index contributed by atoms with van der Waals surface area (Å²) in [5.41, 5.74) is 1.35. The summed E-state index contributed by atoms with van der Waals surface area (Å²) in [6, 6.07) is 12.4. The van der Waals surface area contributed by atoms with Gasteiger partial charge in [-0.3, -0.25) is 9.36 Å².